The van der Waals surface area contributed by atoms with Crippen LogP contribution in [0.2, 0.25) is 0 Å². The molecule has 1 aliphatic rings. The molecule has 64 valence electrons. The van der Waals surface area contributed by atoms with Gasteiger partial charge in [-0.05, 0) is 36.3 Å². The van der Waals surface area contributed by atoms with E-state index in [1.165, 1.54) is 12.1 Å². The summed E-state index contributed by atoms with van der Waals surface area (Å²) in [6.45, 7) is 4.40. The van der Waals surface area contributed by atoms with Gasteiger partial charge in [-0.15, -0.1) is 0 Å². The second kappa shape index (κ2) is 3.68. The third-order valence-electron chi connectivity index (χ3n) is 2.21. The van der Waals surface area contributed by atoms with Gasteiger partial charge in [0.15, 0.2) is 5.08 Å². The fraction of sp³-hybridized carbons (Fsp3) is 0.875. The van der Waals surface area contributed by atoms with Crippen molar-refractivity contribution >= 4 is 21.6 Å². The Kier molecular flexibility index (Phi) is 3.07. The van der Waals surface area contributed by atoms with Crippen molar-refractivity contribution in [3.8, 4) is 0 Å². The molecule has 0 N–H and O–H groups in total. The maximum absolute atomic E-state index is 4.50. The van der Waals surface area contributed by atoms with Gasteiger partial charge in [-0.25, -0.2) is 0 Å². The second-order valence-corrected chi connectivity index (χ2v) is 3.84. The zero-order valence-electron chi connectivity index (χ0n) is 7.34. The molecular formula is C8H15BrN2. The first kappa shape index (κ1) is 9.20. The largest absolute Gasteiger partial charge is 0.268 e. The molecule has 1 heterocycles. The van der Waals surface area contributed by atoms with Gasteiger partial charge in [-0.2, -0.15) is 0 Å². The lowest BCUT2D eigenvalue weighted by atomic mass is 10.1. The maximum atomic E-state index is 4.50. The van der Waals surface area contributed by atoms with Crippen LogP contribution in [0, 0.1) is 0 Å². The highest BCUT2D eigenvalue weighted by atomic mass is 79.9. The Balaban J connectivity index is 2.59. The fourth-order valence-corrected chi connectivity index (χ4v) is 1.90. The molecule has 2 atom stereocenters. The van der Waals surface area contributed by atoms with Gasteiger partial charge < -0.3 is 0 Å². The highest BCUT2D eigenvalue weighted by molar-refractivity contribution is 9.09. The molecule has 2 nitrogen and oxygen atoms in total. The van der Waals surface area contributed by atoms with Crippen LogP contribution in [0.15, 0.2) is 4.99 Å². The molecule has 0 fully saturated rings. The molecule has 0 aromatic heterocycles. The molecule has 0 radical (unpaired) electrons. The number of nitrogens with zero attached hydrogens (tertiary/aromatic N) is 2. The van der Waals surface area contributed by atoms with Crippen molar-refractivity contribution in [1.82, 2.24) is 4.90 Å². The average molecular weight is 219 g/mol. The molecule has 0 saturated heterocycles. The quantitative estimate of drug-likeness (QED) is 0.513. The van der Waals surface area contributed by atoms with Crippen molar-refractivity contribution in [2.24, 2.45) is 4.99 Å². The maximum Gasteiger partial charge on any atom is 0.158 e. The van der Waals surface area contributed by atoms with Gasteiger partial charge in [-0.1, -0.05) is 13.3 Å². The first-order valence-electron chi connectivity index (χ1n) is 4.09. The minimum absolute atomic E-state index is 0.207. The highest BCUT2D eigenvalue weighted by Crippen LogP contribution is 2.21. The number of hydrogen-bond acceptors (Lipinski definition) is 2. The molecule has 0 bridgehead atoms. The third-order valence-corrected chi connectivity index (χ3v) is 3.06. The minimum atomic E-state index is 0.207. The van der Waals surface area contributed by atoms with Crippen molar-refractivity contribution in [2.75, 3.05) is 7.05 Å². The molecule has 11 heavy (non-hydrogen) atoms. The summed E-state index contributed by atoms with van der Waals surface area (Å²) in [6, 6.07) is 0.513. The zero-order valence-corrected chi connectivity index (χ0v) is 8.93. The van der Waals surface area contributed by atoms with E-state index in [4.69, 9.17) is 0 Å². The second-order valence-electron chi connectivity index (χ2n) is 3.02. The Hall–Kier alpha value is 0.110. The van der Waals surface area contributed by atoms with Crippen molar-refractivity contribution in [3.05, 3.63) is 0 Å². The van der Waals surface area contributed by atoms with E-state index in [2.05, 4.69) is 46.7 Å². The Morgan fingerprint density at radius 3 is 2.64 bits per heavy atom. The molecule has 1 aliphatic heterocycles. The summed E-state index contributed by atoms with van der Waals surface area (Å²) in [5.41, 5.74) is 1.33. The van der Waals surface area contributed by atoms with E-state index in [1.54, 1.807) is 0 Å². The summed E-state index contributed by atoms with van der Waals surface area (Å²) in [7, 11) is 2.09. The summed E-state index contributed by atoms with van der Waals surface area (Å²) < 4.78 is 0. The van der Waals surface area contributed by atoms with Crippen LogP contribution >= 0.6 is 15.9 Å². The van der Waals surface area contributed by atoms with Crippen LogP contribution in [0.3, 0.4) is 0 Å². The van der Waals surface area contributed by atoms with E-state index < -0.39 is 0 Å². The third kappa shape index (κ3) is 1.82. The minimum Gasteiger partial charge on any atom is -0.268 e. The average Bonchev–Trinajstić information content (AvgIpc) is 2.19. The monoisotopic (exact) mass is 218 g/mol. The molecule has 0 amide bonds. The van der Waals surface area contributed by atoms with Gasteiger partial charge in [0.25, 0.3) is 0 Å². The van der Waals surface area contributed by atoms with Crippen molar-refractivity contribution in [2.45, 2.75) is 37.8 Å². The predicted molar refractivity (Wildman–Crippen MR) is 52.3 cm³/mol. The van der Waals surface area contributed by atoms with Gasteiger partial charge in [0.1, 0.15) is 0 Å². The number of rotatable bonds is 2. The molecule has 0 saturated carbocycles. The summed E-state index contributed by atoms with van der Waals surface area (Å²) in [4.78, 5) is 6.73. The van der Waals surface area contributed by atoms with Gasteiger partial charge >= 0.3 is 0 Å². The number of aliphatic imine (C=N–C) groups is 1. The lowest BCUT2D eigenvalue weighted by Gasteiger charge is -2.18. The molecule has 0 aromatic rings. The Morgan fingerprint density at radius 1 is 1.64 bits per heavy atom. The first-order chi connectivity index (χ1) is 5.16. The van der Waals surface area contributed by atoms with Crippen molar-refractivity contribution in [3.63, 3.8) is 0 Å². The SMILES string of the molecule is CCCC1=NC(Br)N(C)C1C. The van der Waals surface area contributed by atoms with Gasteiger partial charge in [0.2, 0.25) is 0 Å². The molecule has 0 aliphatic carbocycles. The number of alkyl halides is 1. The highest BCUT2D eigenvalue weighted by Gasteiger charge is 2.27. The van der Waals surface area contributed by atoms with E-state index in [9.17, 15) is 0 Å². The topological polar surface area (TPSA) is 15.6 Å². The van der Waals surface area contributed by atoms with Crippen LogP contribution in [0.4, 0.5) is 0 Å². The summed E-state index contributed by atoms with van der Waals surface area (Å²) in [5.74, 6) is 0. The number of hydrogen-bond donors (Lipinski definition) is 0. The van der Waals surface area contributed by atoms with E-state index >= 15 is 0 Å². The van der Waals surface area contributed by atoms with Gasteiger partial charge in [0, 0.05) is 11.8 Å². The van der Waals surface area contributed by atoms with Gasteiger partial charge in [-0.3, -0.25) is 9.89 Å². The zero-order chi connectivity index (χ0) is 8.43. The van der Waals surface area contributed by atoms with E-state index in [0.717, 1.165) is 6.42 Å². The van der Waals surface area contributed by atoms with Crippen LogP contribution in [-0.2, 0) is 0 Å². The van der Waals surface area contributed by atoms with Crippen LogP contribution < -0.4 is 0 Å². The number of halogens is 1. The normalized spacial score (nSPS) is 32.5. The van der Waals surface area contributed by atoms with Crippen molar-refractivity contribution < 1.29 is 0 Å². The Bertz CT molecular complexity index is 167. The van der Waals surface area contributed by atoms with E-state index in [1.807, 2.05) is 0 Å². The lowest BCUT2D eigenvalue weighted by Crippen LogP contribution is -2.31. The van der Waals surface area contributed by atoms with Crippen LogP contribution in [0.25, 0.3) is 0 Å². The summed E-state index contributed by atoms with van der Waals surface area (Å²) >= 11 is 3.49. The Morgan fingerprint density at radius 2 is 2.27 bits per heavy atom. The summed E-state index contributed by atoms with van der Waals surface area (Å²) in [6.07, 6.45) is 2.32. The molecular weight excluding hydrogens is 204 g/mol. The fourth-order valence-electron chi connectivity index (χ4n) is 1.28. The molecule has 3 heteroatoms. The van der Waals surface area contributed by atoms with Crippen molar-refractivity contribution in [1.29, 1.82) is 0 Å². The van der Waals surface area contributed by atoms with E-state index in [0.29, 0.717) is 6.04 Å². The molecule has 0 spiro atoms. The molecule has 1 rings (SSSR count). The van der Waals surface area contributed by atoms with E-state index in [-0.39, 0.29) is 5.08 Å². The van der Waals surface area contributed by atoms with Crippen LogP contribution in [0.1, 0.15) is 26.7 Å². The predicted octanol–water partition coefficient (Wildman–Crippen LogP) is 2.24. The molecule has 0 aromatic carbocycles. The van der Waals surface area contributed by atoms with Crippen LogP contribution in [0.5, 0.6) is 0 Å². The Labute approximate surface area is 76.8 Å². The summed E-state index contributed by atoms with van der Waals surface area (Å²) in [5, 5.41) is 0.207. The standard InChI is InChI=1S/C8H15BrN2/c1-4-5-7-6(2)11(3)8(9)10-7/h6,8H,4-5H2,1-3H3. The van der Waals surface area contributed by atoms with Crippen LogP contribution in [-0.4, -0.2) is 28.8 Å². The lowest BCUT2D eigenvalue weighted by molar-refractivity contribution is 0.328. The van der Waals surface area contributed by atoms with Gasteiger partial charge in [0.05, 0.1) is 0 Å². The first-order valence-corrected chi connectivity index (χ1v) is 5.01. The molecule has 2 unspecified atom stereocenters. The smallest absolute Gasteiger partial charge is 0.158 e.